The standard InChI is InChI=1S/C16H18N2O3/c1-11-7-14(20-2)9-13(18-11)10-21-16(19)8-12-5-3-4-6-15(12)17/h3-7,9H,8,10,17H2,1-2H3. The van der Waals surface area contributed by atoms with Gasteiger partial charge < -0.3 is 15.2 Å². The number of pyridine rings is 1. The third-order valence-corrected chi connectivity index (χ3v) is 2.99. The predicted molar refractivity (Wildman–Crippen MR) is 79.9 cm³/mol. The highest BCUT2D eigenvalue weighted by Crippen LogP contribution is 2.15. The largest absolute Gasteiger partial charge is 0.497 e. The summed E-state index contributed by atoms with van der Waals surface area (Å²) in [6.45, 7) is 1.97. The lowest BCUT2D eigenvalue weighted by Crippen LogP contribution is -2.10. The molecule has 2 rings (SSSR count). The summed E-state index contributed by atoms with van der Waals surface area (Å²) in [6.07, 6.45) is 0.148. The SMILES string of the molecule is COc1cc(C)nc(COC(=O)Cc2ccccc2N)c1. The van der Waals surface area contributed by atoms with Gasteiger partial charge in [0, 0.05) is 23.5 Å². The van der Waals surface area contributed by atoms with E-state index in [1.54, 1.807) is 19.2 Å². The van der Waals surface area contributed by atoms with Crippen LogP contribution in [0.2, 0.25) is 0 Å². The summed E-state index contributed by atoms with van der Waals surface area (Å²) in [5.74, 6) is 0.357. The minimum absolute atomic E-state index is 0.115. The lowest BCUT2D eigenvalue weighted by molar-refractivity contribution is -0.144. The molecule has 0 bridgehead atoms. The Morgan fingerprint density at radius 1 is 1.29 bits per heavy atom. The number of nitrogens with zero attached hydrogens (tertiary/aromatic N) is 1. The van der Waals surface area contributed by atoms with Crippen LogP contribution in [0.15, 0.2) is 36.4 Å². The Bertz CT molecular complexity index is 641. The van der Waals surface area contributed by atoms with E-state index in [0.29, 0.717) is 17.1 Å². The first kappa shape index (κ1) is 14.8. The second kappa shape index (κ2) is 6.74. The molecule has 21 heavy (non-hydrogen) atoms. The number of para-hydroxylation sites is 1. The van der Waals surface area contributed by atoms with Gasteiger partial charge in [0.05, 0.1) is 19.2 Å². The molecule has 0 unspecified atom stereocenters. The van der Waals surface area contributed by atoms with Crippen LogP contribution in [0.3, 0.4) is 0 Å². The number of methoxy groups -OCH3 is 1. The maximum Gasteiger partial charge on any atom is 0.310 e. The van der Waals surface area contributed by atoms with Crippen LogP contribution in [0.5, 0.6) is 5.75 Å². The van der Waals surface area contributed by atoms with Crippen molar-refractivity contribution < 1.29 is 14.3 Å². The van der Waals surface area contributed by atoms with Crippen LogP contribution < -0.4 is 10.5 Å². The van der Waals surface area contributed by atoms with Crippen molar-refractivity contribution in [3.8, 4) is 5.75 Å². The number of carbonyl (C=O) groups excluding carboxylic acids is 1. The molecule has 110 valence electrons. The summed E-state index contributed by atoms with van der Waals surface area (Å²) < 4.78 is 10.4. The molecule has 2 N–H and O–H groups in total. The molecular weight excluding hydrogens is 268 g/mol. The number of nitrogens with two attached hydrogens (primary N) is 1. The summed E-state index contributed by atoms with van der Waals surface area (Å²) in [7, 11) is 1.59. The summed E-state index contributed by atoms with van der Waals surface area (Å²) >= 11 is 0. The van der Waals surface area contributed by atoms with Crippen molar-refractivity contribution in [2.75, 3.05) is 12.8 Å². The van der Waals surface area contributed by atoms with Crippen LogP contribution in [0, 0.1) is 6.92 Å². The average molecular weight is 286 g/mol. The van der Waals surface area contributed by atoms with Crippen molar-refractivity contribution in [3.05, 3.63) is 53.3 Å². The van der Waals surface area contributed by atoms with E-state index < -0.39 is 0 Å². The first-order valence-corrected chi connectivity index (χ1v) is 6.59. The molecule has 5 heteroatoms. The Morgan fingerprint density at radius 2 is 2.05 bits per heavy atom. The number of esters is 1. The van der Waals surface area contributed by atoms with Crippen LogP contribution in [-0.4, -0.2) is 18.1 Å². The zero-order chi connectivity index (χ0) is 15.2. The minimum Gasteiger partial charge on any atom is -0.497 e. The lowest BCUT2D eigenvalue weighted by Gasteiger charge is -2.08. The minimum atomic E-state index is -0.338. The Hall–Kier alpha value is -2.56. The van der Waals surface area contributed by atoms with Gasteiger partial charge in [-0.1, -0.05) is 18.2 Å². The molecular formula is C16H18N2O3. The van der Waals surface area contributed by atoms with Crippen molar-refractivity contribution in [1.29, 1.82) is 0 Å². The van der Waals surface area contributed by atoms with Crippen LogP contribution in [0.4, 0.5) is 5.69 Å². The molecule has 0 spiro atoms. The van der Waals surface area contributed by atoms with Crippen molar-refractivity contribution >= 4 is 11.7 Å². The smallest absolute Gasteiger partial charge is 0.310 e. The molecule has 1 aromatic heterocycles. The first-order chi connectivity index (χ1) is 10.1. The van der Waals surface area contributed by atoms with E-state index in [-0.39, 0.29) is 19.0 Å². The Balaban J connectivity index is 1.95. The van der Waals surface area contributed by atoms with Crippen molar-refractivity contribution in [3.63, 3.8) is 0 Å². The number of benzene rings is 1. The van der Waals surface area contributed by atoms with Gasteiger partial charge in [-0.25, -0.2) is 0 Å². The van der Waals surface area contributed by atoms with E-state index >= 15 is 0 Å². The Morgan fingerprint density at radius 3 is 2.76 bits per heavy atom. The Kier molecular flexibility index (Phi) is 4.77. The topological polar surface area (TPSA) is 74.4 Å². The highest BCUT2D eigenvalue weighted by molar-refractivity contribution is 5.74. The highest BCUT2D eigenvalue weighted by atomic mass is 16.5. The number of anilines is 1. The lowest BCUT2D eigenvalue weighted by atomic mass is 10.1. The van der Waals surface area contributed by atoms with Crippen molar-refractivity contribution in [1.82, 2.24) is 4.98 Å². The second-order valence-corrected chi connectivity index (χ2v) is 4.68. The van der Waals surface area contributed by atoms with E-state index in [9.17, 15) is 4.79 Å². The van der Waals surface area contributed by atoms with Gasteiger partial charge in [0.25, 0.3) is 0 Å². The summed E-state index contributed by atoms with van der Waals surface area (Å²) in [5.41, 5.74) is 8.61. The van der Waals surface area contributed by atoms with E-state index in [1.807, 2.05) is 31.2 Å². The maximum atomic E-state index is 11.8. The number of ether oxygens (including phenoxy) is 2. The van der Waals surface area contributed by atoms with Gasteiger partial charge in [0.15, 0.2) is 0 Å². The predicted octanol–water partition coefficient (Wildman–Crippen LogP) is 2.27. The summed E-state index contributed by atoms with van der Waals surface area (Å²) in [4.78, 5) is 16.1. The molecule has 5 nitrogen and oxygen atoms in total. The van der Waals surface area contributed by atoms with E-state index in [1.165, 1.54) is 0 Å². The zero-order valence-electron chi connectivity index (χ0n) is 12.1. The third kappa shape index (κ3) is 4.21. The number of aryl methyl sites for hydroxylation is 1. The molecule has 0 fully saturated rings. The van der Waals surface area contributed by atoms with Crippen LogP contribution in [0.1, 0.15) is 17.0 Å². The number of hydrogen-bond donors (Lipinski definition) is 1. The molecule has 0 atom stereocenters. The van der Waals surface area contributed by atoms with Gasteiger partial charge in [-0.15, -0.1) is 0 Å². The molecule has 1 aromatic carbocycles. The van der Waals surface area contributed by atoms with E-state index in [2.05, 4.69) is 4.98 Å². The average Bonchev–Trinajstić information content (AvgIpc) is 2.47. The number of carbonyl (C=O) groups is 1. The molecule has 0 amide bonds. The second-order valence-electron chi connectivity index (χ2n) is 4.68. The fourth-order valence-corrected chi connectivity index (χ4v) is 1.95. The number of aromatic nitrogens is 1. The fraction of sp³-hybridized carbons (Fsp3) is 0.250. The number of nitrogen functional groups attached to an aromatic ring is 1. The summed E-state index contributed by atoms with van der Waals surface area (Å²) in [6, 6.07) is 10.8. The van der Waals surface area contributed by atoms with Crippen LogP contribution >= 0.6 is 0 Å². The molecule has 0 radical (unpaired) electrons. The molecule has 0 aliphatic heterocycles. The molecule has 0 saturated heterocycles. The van der Waals surface area contributed by atoms with Gasteiger partial charge in [-0.2, -0.15) is 0 Å². The van der Waals surface area contributed by atoms with Gasteiger partial charge in [-0.3, -0.25) is 9.78 Å². The first-order valence-electron chi connectivity index (χ1n) is 6.59. The van der Waals surface area contributed by atoms with Gasteiger partial charge >= 0.3 is 5.97 Å². The normalized spacial score (nSPS) is 10.2. The fourth-order valence-electron chi connectivity index (χ4n) is 1.95. The molecule has 2 aromatic rings. The van der Waals surface area contributed by atoms with Gasteiger partial charge in [0.1, 0.15) is 12.4 Å². The molecule has 0 aliphatic rings. The summed E-state index contributed by atoms with van der Waals surface area (Å²) in [5, 5.41) is 0. The number of rotatable bonds is 5. The molecule has 1 heterocycles. The number of hydrogen-bond acceptors (Lipinski definition) is 5. The monoisotopic (exact) mass is 286 g/mol. The van der Waals surface area contributed by atoms with Crippen LogP contribution in [-0.2, 0) is 22.6 Å². The van der Waals surface area contributed by atoms with E-state index in [4.69, 9.17) is 15.2 Å². The van der Waals surface area contributed by atoms with Crippen molar-refractivity contribution in [2.45, 2.75) is 20.0 Å². The van der Waals surface area contributed by atoms with E-state index in [0.717, 1.165) is 11.3 Å². The van der Waals surface area contributed by atoms with Crippen molar-refractivity contribution in [2.24, 2.45) is 0 Å². The third-order valence-electron chi connectivity index (χ3n) is 2.99. The highest BCUT2D eigenvalue weighted by Gasteiger charge is 2.09. The van der Waals surface area contributed by atoms with Gasteiger partial charge in [-0.05, 0) is 18.6 Å². The Labute approximate surface area is 123 Å². The maximum absolute atomic E-state index is 11.8. The van der Waals surface area contributed by atoms with Crippen LogP contribution in [0.25, 0.3) is 0 Å². The molecule has 0 saturated carbocycles. The van der Waals surface area contributed by atoms with Gasteiger partial charge in [0.2, 0.25) is 0 Å². The molecule has 0 aliphatic carbocycles. The quantitative estimate of drug-likeness (QED) is 0.674. The zero-order valence-corrected chi connectivity index (χ0v) is 12.1.